The summed E-state index contributed by atoms with van der Waals surface area (Å²) in [7, 11) is 0. The smallest absolute Gasteiger partial charge is 0.175 e. The van der Waals surface area contributed by atoms with Gasteiger partial charge in [0.15, 0.2) is 5.11 Å². The second kappa shape index (κ2) is 8.30. The fraction of sp³-hybridized carbons (Fsp3) is 0.200. The molecule has 0 aliphatic heterocycles. The molecule has 0 radical (unpaired) electrons. The van der Waals surface area contributed by atoms with Crippen LogP contribution >= 0.6 is 35.4 Å². The van der Waals surface area contributed by atoms with E-state index in [9.17, 15) is 0 Å². The van der Waals surface area contributed by atoms with E-state index in [1.807, 2.05) is 54.9 Å². The first-order valence-corrected chi connectivity index (χ1v) is 9.62. The summed E-state index contributed by atoms with van der Waals surface area (Å²) < 4.78 is 1.92. The van der Waals surface area contributed by atoms with Gasteiger partial charge in [-0.05, 0) is 62.8 Å². The highest BCUT2D eigenvalue weighted by molar-refractivity contribution is 7.80. The molecular formula is C20H20Cl2N4S. The summed E-state index contributed by atoms with van der Waals surface area (Å²) in [6.07, 6.45) is 0. The van der Waals surface area contributed by atoms with Crippen molar-refractivity contribution in [2.24, 2.45) is 0 Å². The van der Waals surface area contributed by atoms with Gasteiger partial charge in [-0.25, -0.2) is 0 Å². The largest absolute Gasteiger partial charge is 0.332 e. The molecule has 2 aromatic carbocycles. The van der Waals surface area contributed by atoms with Gasteiger partial charge in [-0.1, -0.05) is 47.0 Å². The van der Waals surface area contributed by atoms with E-state index in [1.165, 1.54) is 5.56 Å². The summed E-state index contributed by atoms with van der Waals surface area (Å²) in [5.41, 5.74) is 5.94. The molecule has 0 saturated heterocycles. The number of hydrogen-bond donors (Lipinski definition) is 2. The Morgan fingerprint density at radius 3 is 2.37 bits per heavy atom. The van der Waals surface area contributed by atoms with Crippen LogP contribution in [0.1, 0.15) is 22.5 Å². The van der Waals surface area contributed by atoms with Gasteiger partial charge in [0.1, 0.15) is 0 Å². The molecule has 0 unspecified atom stereocenters. The predicted octanol–water partition coefficient (Wildman–Crippen LogP) is 5.97. The maximum absolute atomic E-state index is 6.11. The molecule has 0 spiro atoms. The molecule has 0 fully saturated rings. The highest BCUT2D eigenvalue weighted by Crippen LogP contribution is 2.25. The molecular weight excluding hydrogens is 399 g/mol. The Labute approximate surface area is 174 Å². The minimum absolute atomic E-state index is 0.527. The quantitative estimate of drug-likeness (QED) is 0.511. The van der Waals surface area contributed by atoms with Crippen molar-refractivity contribution in [2.75, 3.05) is 10.6 Å². The van der Waals surface area contributed by atoms with Crippen LogP contribution in [0.15, 0.2) is 42.5 Å². The van der Waals surface area contributed by atoms with Gasteiger partial charge in [-0.15, -0.1) is 0 Å². The fourth-order valence-corrected chi connectivity index (χ4v) is 3.30. The molecule has 4 nitrogen and oxygen atoms in total. The van der Waals surface area contributed by atoms with Gasteiger partial charge in [-0.2, -0.15) is 5.10 Å². The monoisotopic (exact) mass is 418 g/mol. The molecule has 1 aromatic heterocycles. The molecule has 7 heteroatoms. The van der Waals surface area contributed by atoms with Gasteiger partial charge >= 0.3 is 0 Å². The van der Waals surface area contributed by atoms with E-state index < -0.39 is 0 Å². The molecule has 2 N–H and O–H groups in total. The zero-order valence-corrected chi connectivity index (χ0v) is 17.6. The summed E-state index contributed by atoms with van der Waals surface area (Å²) in [6, 6.07) is 13.7. The highest BCUT2D eigenvalue weighted by atomic mass is 35.5. The van der Waals surface area contributed by atoms with Gasteiger partial charge < -0.3 is 10.6 Å². The lowest BCUT2D eigenvalue weighted by Crippen LogP contribution is -2.20. The molecule has 0 aliphatic carbocycles. The van der Waals surface area contributed by atoms with E-state index in [-0.39, 0.29) is 0 Å². The number of nitrogens with one attached hydrogen (secondary N) is 2. The van der Waals surface area contributed by atoms with Crippen molar-refractivity contribution >= 4 is 51.9 Å². The summed E-state index contributed by atoms with van der Waals surface area (Å²) >= 11 is 17.6. The van der Waals surface area contributed by atoms with Crippen molar-refractivity contribution in [3.63, 3.8) is 0 Å². The Morgan fingerprint density at radius 1 is 1.00 bits per heavy atom. The third-order valence-electron chi connectivity index (χ3n) is 4.25. The number of aryl methyl sites for hydroxylation is 2. The number of aromatic nitrogens is 2. The van der Waals surface area contributed by atoms with Crippen LogP contribution in [0.5, 0.6) is 0 Å². The topological polar surface area (TPSA) is 41.9 Å². The predicted molar refractivity (Wildman–Crippen MR) is 118 cm³/mol. The summed E-state index contributed by atoms with van der Waals surface area (Å²) in [5, 5.41) is 12.7. The van der Waals surface area contributed by atoms with Crippen molar-refractivity contribution in [2.45, 2.75) is 27.3 Å². The van der Waals surface area contributed by atoms with Gasteiger partial charge in [-0.3, -0.25) is 4.68 Å². The maximum atomic E-state index is 6.11. The van der Waals surface area contributed by atoms with Crippen molar-refractivity contribution < 1.29 is 0 Å². The number of rotatable bonds is 4. The lowest BCUT2D eigenvalue weighted by atomic mass is 10.2. The first-order valence-electron chi connectivity index (χ1n) is 8.46. The van der Waals surface area contributed by atoms with Crippen LogP contribution in [0, 0.1) is 20.8 Å². The van der Waals surface area contributed by atoms with E-state index in [1.54, 1.807) is 6.07 Å². The lowest BCUT2D eigenvalue weighted by molar-refractivity contribution is 0.659. The fourth-order valence-electron chi connectivity index (χ4n) is 2.76. The van der Waals surface area contributed by atoms with Gasteiger partial charge in [0, 0.05) is 5.69 Å². The van der Waals surface area contributed by atoms with E-state index in [4.69, 9.17) is 35.4 Å². The van der Waals surface area contributed by atoms with E-state index in [0.29, 0.717) is 21.7 Å². The van der Waals surface area contributed by atoms with Crippen molar-refractivity contribution in [3.8, 4) is 0 Å². The summed E-state index contributed by atoms with van der Waals surface area (Å²) in [4.78, 5) is 0. The van der Waals surface area contributed by atoms with Crippen LogP contribution in [0.3, 0.4) is 0 Å². The normalized spacial score (nSPS) is 10.7. The van der Waals surface area contributed by atoms with Gasteiger partial charge in [0.25, 0.3) is 0 Å². The van der Waals surface area contributed by atoms with Crippen molar-refractivity contribution in [1.82, 2.24) is 9.78 Å². The second-order valence-electron chi connectivity index (χ2n) is 6.40. The lowest BCUT2D eigenvalue weighted by Gasteiger charge is -2.11. The molecule has 1 heterocycles. The number of benzene rings is 2. The standard InChI is InChI=1S/C20H20Cl2N4S/c1-12-4-7-16(8-5-12)23-20(27)24-19-13(2)25-26(14(19)3)11-15-6-9-17(21)18(22)10-15/h4-10H,11H2,1-3H3,(H2,23,24,27). The average molecular weight is 419 g/mol. The first-order chi connectivity index (χ1) is 12.8. The Morgan fingerprint density at radius 2 is 1.70 bits per heavy atom. The van der Waals surface area contributed by atoms with Crippen LogP contribution in [-0.4, -0.2) is 14.9 Å². The number of halogens is 2. The molecule has 27 heavy (non-hydrogen) atoms. The highest BCUT2D eigenvalue weighted by Gasteiger charge is 2.13. The molecule has 0 aliphatic rings. The minimum atomic E-state index is 0.527. The average Bonchev–Trinajstić information content (AvgIpc) is 2.87. The molecule has 0 saturated carbocycles. The SMILES string of the molecule is Cc1ccc(NC(=S)Nc2c(C)nn(Cc3ccc(Cl)c(Cl)c3)c2C)cc1. The van der Waals surface area contributed by atoms with Crippen LogP contribution in [0.2, 0.25) is 10.0 Å². The van der Waals surface area contributed by atoms with E-state index in [2.05, 4.69) is 22.7 Å². The molecule has 0 atom stereocenters. The molecule has 0 bridgehead atoms. The Kier molecular flexibility index (Phi) is 6.05. The molecule has 3 rings (SSSR count). The minimum Gasteiger partial charge on any atom is -0.332 e. The number of nitrogens with zero attached hydrogens (tertiary/aromatic N) is 2. The molecule has 3 aromatic rings. The zero-order chi connectivity index (χ0) is 19.6. The third kappa shape index (κ3) is 4.80. The van der Waals surface area contributed by atoms with Crippen LogP contribution in [0.25, 0.3) is 0 Å². The zero-order valence-electron chi connectivity index (χ0n) is 15.3. The van der Waals surface area contributed by atoms with Gasteiger partial charge in [0.2, 0.25) is 0 Å². The van der Waals surface area contributed by atoms with E-state index >= 15 is 0 Å². The number of hydrogen-bond acceptors (Lipinski definition) is 2. The van der Waals surface area contributed by atoms with E-state index in [0.717, 1.165) is 28.3 Å². The Hall–Kier alpha value is -2.08. The van der Waals surface area contributed by atoms with Crippen LogP contribution < -0.4 is 10.6 Å². The molecule has 0 amide bonds. The third-order valence-corrected chi connectivity index (χ3v) is 5.19. The van der Waals surface area contributed by atoms with Crippen LogP contribution in [0.4, 0.5) is 11.4 Å². The van der Waals surface area contributed by atoms with Crippen molar-refractivity contribution in [1.29, 1.82) is 0 Å². The van der Waals surface area contributed by atoms with Gasteiger partial charge in [0.05, 0.1) is 33.7 Å². The number of thiocarbonyl (C=S) groups is 1. The Bertz CT molecular complexity index is 980. The summed E-state index contributed by atoms with van der Waals surface area (Å²) in [5.74, 6) is 0. The summed E-state index contributed by atoms with van der Waals surface area (Å²) in [6.45, 7) is 6.61. The maximum Gasteiger partial charge on any atom is 0.175 e. The first kappa shape index (κ1) is 19.7. The van der Waals surface area contributed by atoms with Crippen molar-refractivity contribution in [3.05, 3.63) is 75.0 Å². The number of anilines is 2. The second-order valence-corrected chi connectivity index (χ2v) is 7.62. The Balaban J connectivity index is 1.73. The molecule has 140 valence electrons. The van der Waals surface area contributed by atoms with Crippen LogP contribution in [-0.2, 0) is 6.54 Å².